The first-order chi connectivity index (χ1) is 12.9. The maximum absolute atomic E-state index is 12.7. The summed E-state index contributed by atoms with van der Waals surface area (Å²) < 4.78 is 28.2. The molecule has 0 spiro atoms. The third-order valence-electron chi connectivity index (χ3n) is 5.17. The van der Waals surface area contributed by atoms with Gasteiger partial charge in [0.05, 0.1) is 4.90 Å². The molecule has 0 aromatic heterocycles. The quantitative estimate of drug-likeness (QED) is 0.793. The van der Waals surface area contributed by atoms with Gasteiger partial charge in [-0.3, -0.25) is 4.90 Å². The minimum atomic E-state index is -3.52. The third kappa shape index (κ3) is 4.89. The molecule has 1 fully saturated rings. The van der Waals surface area contributed by atoms with E-state index in [4.69, 9.17) is 0 Å². The van der Waals surface area contributed by atoms with Crippen LogP contribution in [0, 0.1) is 6.92 Å². The van der Waals surface area contributed by atoms with E-state index in [9.17, 15) is 8.42 Å². The zero-order valence-corrected chi connectivity index (χ0v) is 17.2. The molecule has 1 aliphatic heterocycles. The normalized spacial score (nSPS) is 16.4. The Hall–Kier alpha value is -1.89. The van der Waals surface area contributed by atoms with E-state index in [1.165, 1.54) is 0 Å². The average Bonchev–Trinajstić information content (AvgIpc) is 3.17. The molecule has 6 heteroatoms. The standard InChI is InChI=1S/C21H29N3O2S/c1-17-6-12-20(13-7-17)27(25,26)22-16-21(24-14-4-5-15-24)18-8-10-19(11-9-18)23(2)3/h6-13,21-22H,4-5,14-16H2,1-3H3/t21-/m0/s1. The molecule has 27 heavy (non-hydrogen) atoms. The SMILES string of the molecule is Cc1ccc(S(=O)(=O)NC[C@@H](c2ccc(N(C)C)cc2)N2CCCC2)cc1. The van der Waals surface area contributed by atoms with Crippen LogP contribution in [0.2, 0.25) is 0 Å². The summed E-state index contributed by atoms with van der Waals surface area (Å²) in [4.78, 5) is 4.76. The number of anilines is 1. The highest BCUT2D eigenvalue weighted by Crippen LogP contribution is 2.26. The first kappa shape index (κ1) is 19.9. The van der Waals surface area contributed by atoms with Gasteiger partial charge in [-0.25, -0.2) is 13.1 Å². The number of nitrogens with one attached hydrogen (secondary N) is 1. The monoisotopic (exact) mass is 387 g/mol. The fourth-order valence-electron chi connectivity index (χ4n) is 3.50. The lowest BCUT2D eigenvalue weighted by molar-refractivity contribution is 0.246. The summed E-state index contributed by atoms with van der Waals surface area (Å²) in [5, 5.41) is 0. The van der Waals surface area contributed by atoms with Crippen molar-refractivity contribution >= 4 is 15.7 Å². The summed E-state index contributed by atoms with van der Waals surface area (Å²) in [5.74, 6) is 0. The molecule has 1 atom stereocenters. The van der Waals surface area contributed by atoms with E-state index in [1.54, 1.807) is 12.1 Å². The minimum Gasteiger partial charge on any atom is -0.378 e. The molecular weight excluding hydrogens is 358 g/mol. The van der Waals surface area contributed by atoms with Crippen LogP contribution >= 0.6 is 0 Å². The molecule has 0 radical (unpaired) electrons. The summed E-state index contributed by atoms with van der Waals surface area (Å²) in [6.07, 6.45) is 2.33. The Kier molecular flexibility index (Phi) is 6.19. The van der Waals surface area contributed by atoms with Gasteiger partial charge in [0.1, 0.15) is 0 Å². The second kappa shape index (κ2) is 8.42. The molecule has 2 aromatic carbocycles. The number of hydrogen-bond donors (Lipinski definition) is 1. The molecule has 1 heterocycles. The molecule has 0 bridgehead atoms. The van der Waals surface area contributed by atoms with Gasteiger partial charge in [0.15, 0.2) is 0 Å². The number of hydrogen-bond acceptors (Lipinski definition) is 4. The van der Waals surface area contributed by atoms with Crippen LogP contribution in [-0.4, -0.2) is 47.0 Å². The van der Waals surface area contributed by atoms with Crippen LogP contribution in [0.25, 0.3) is 0 Å². The lowest BCUT2D eigenvalue weighted by atomic mass is 10.1. The van der Waals surface area contributed by atoms with Gasteiger partial charge >= 0.3 is 0 Å². The molecule has 5 nitrogen and oxygen atoms in total. The highest BCUT2D eigenvalue weighted by atomic mass is 32.2. The molecule has 1 saturated heterocycles. The van der Waals surface area contributed by atoms with Crippen LogP contribution in [0.15, 0.2) is 53.4 Å². The van der Waals surface area contributed by atoms with Crippen LogP contribution in [0.3, 0.4) is 0 Å². The second-order valence-electron chi connectivity index (χ2n) is 7.41. The van der Waals surface area contributed by atoms with Crippen molar-refractivity contribution in [1.82, 2.24) is 9.62 Å². The van der Waals surface area contributed by atoms with E-state index in [0.717, 1.165) is 42.7 Å². The predicted molar refractivity (Wildman–Crippen MR) is 111 cm³/mol. The summed E-state index contributed by atoms with van der Waals surface area (Å²) in [5.41, 5.74) is 3.33. The Morgan fingerprint density at radius 2 is 1.59 bits per heavy atom. The van der Waals surface area contributed by atoms with Gasteiger partial charge in [-0.05, 0) is 62.7 Å². The molecule has 0 saturated carbocycles. The number of aryl methyl sites for hydroxylation is 1. The van der Waals surface area contributed by atoms with Gasteiger partial charge in [0.25, 0.3) is 0 Å². The Balaban J connectivity index is 1.78. The molecular formula is C21H29N3O2S. The van der Waals surface area contributed by atoms with Gasteiger partial charge < -0.3 is 4.90 Å². The van der Waals surface area contributed by atoms with Crippen molar-refractivity contribution in [3.8, 4) is 0 Å². The van der Waals surface area contributed by atoms with Crippen molar-refractivity contribution in [2.45, 2.75) is 30.7 Å². The van der Waals surface area contributed by atoms with Crippen LogP contribution < -0.4 is 9.62 Å². The lowest BCUT2D eigenvalue weighted by Gasteiger charge is -2.28. The first-order valence-electron chi connectivity index (χ1n) is 9.44. The van der Waals surface area contributed by atoms with Crippen molar-refractivity contribution < 1.29 is 8.42 Å². The summed E-state index contributed by atoms with van der Waals surface area (Å²) in [6.45, 7) is 4.33. The maximum atomic E-state index is 12.7. The zero-order valence-electron chi connectivity index (χ0n) is 16.4. The smallest absolute Gasteiger partial charge is 0.240 e. The molecule has 0 unspecified atom stereocenters. The van der Waals surface area contributed by atoms with Crippen molar-refractivity contribution in [2.75, 3.05) is 38.6 Å². The number of sulfonamides is 1. The van der Waals surface area contributed by atoms with Gasteiger partial charge in [0.2, 0.25) is 10.0 Å². The van der Waals surface area contributed by atoms with E-state index in [2.05, 4.69) is 38.8 Å². The number of rotatable bonds is 7. The fraction of sp³-hybridized carbons (Fsp3) is 0.429. The van der Waals surface area contributed by atoms with Crippen molar-refractivity contribution in [3.05, 3.63) is 59.7 Å². The van der Waals surface area contributed by atoms with Crippen LogP contribution in [0.1, 0.15) is 30.0 Å². The summed E-state index contributed by atoms with van der Waals surface area (Å²) >= 11 is 0. The van der Waals surface area contributed by atoms with Crippen molar-refractivity contribution in [3.63, 3.8) is 0 Å². The van der Waals surface area contributed by atoms with Crippen LogP contribution in [-0.2, 0) is 10.0 Å². The molecule has 2 aromatic rings. The Labute approximate surface area is 163 Å². The third-order valence-corrected chi connectivity index (χ3v) is 6.61. The highest BCUT2D eigenvalue weighted by molar-refractivity contribution is 7.89. The van der Waals surface area contributed by atoms with E-state index < -0.39 is 10.0 Å². The second-order valence-corrected chi connectivity index (χ2v) is 9.18. The zero-order chi connectivity index (χ0) is 19.4. The fourth-order valence-corrected chi connectivity index (χ4v) is 4.53. The summed E-state index contributed by atoms with van der Waals surface area (Å²) in [6, 6.07) is 15.4. The van der Waals surface area contributed by atoms with Crippen LogP contribution in [0.4, 0.5) is 5.69 Å². The number of nitrogens with zero attached hydrogens (tertiary/aromatic N) is 2. The van der Waals surface area contributed by atoms with Gasteiger partial charge in [-0.2, -0.15) is 0 Å². The van der Waals surface area contributed by atoms with Gasteiger partial charge in [0, 0.05) is 32.4 Å². The first-order valence-corrected chi connectivity index (χ1v) is 10.9. The summed E-state index contributed by atoms with van der Waals surface area (Å²) in [7, 11) is 0.517. The average molecular weight is 388 g/mol. The number of likely N-dealkylation sites (tertiary alicyclic amines) is 1. The van der Waals surface area contributed by atoms with E-state index in [-0.39, 0.29) is 6.04 Å². The molecule has 1 aliphatic rings. The Morgan fingerprint density at radius 3 is 2.15 bits per heavy atom. The van der Waals surface area contributed by atoms with E-state index in [1.807, 2.05) is 33.2 Å². The number of benzene rings is 2. The highest BCUT2D eigenvalue weighted by Gasteiger charge is 2.25. The lowest BCUT2D eigenvalue weighted by Crippen LogP contribution is -2.36. The Bertz CT molecular complexity index is 840. The predicted octanol–water partition coefficient (Wildman–Crippen LogP) is 3.18. The largest absolute Gasteiger partial charge is 0.378 e. The van der Waals surface area contributed by atoms with Gasteiger partial charge in [-0.15, -0.1) is 0 Å². The van der Waals surface area contributed by atoms with Crippen molar-refractivity contribution in [1.29, 1.82) is 0 Å². The van der Waals surface area contributed by atoms with Gasteiger partial charge in [-0.1, -0.05) is 29.8 Å². The topological polar surface area (TPSA) is 52.7 Å². The molecule has 3 rings (SSSR count). The molecule has 146 valence electrons. The van der Waals surface area contributed by atoms with E-state index >= 15 is 0 Å². The van der Waals surface area contributed by atoms with Crippen molar-refractivity contribution in [2.24, 2.45) is 0 Å². The molecule has 1 N–H and O–H groups in total. The Morgan fingerprint density at radius 1 is 1.00 bits per heavy atom. The van der Waals surface area contributed by atoms with E-state index in [0.29, 0.717) is 11.4 Å². The van der Waals surface area contributed by atoms with Crippen LogP contribution in [0.5, 0.6) is 0 Å². The molecule has 0 aliphatic carbocycles. The molecule has 0 amide bonds. The maximum Gasteiger partial charge on any atom is 0.240 e. The minimum absolute atomic E-state index is 0.0453.